The summed E-state index contributed by atoms with van der Waals surface area (Å²) in [6.07, 6.45) is 3.28. The Kier molecular flexibility index (Phi) is 5.25. The predicted molar refractivity (Wildman–Crippen MR) is 75.0 cm³/mol. The van der Waals surface area contributed by atoms with Crippen LogP contribution in [0.25, 0.3) is 0 Å². The van der Waals surface area contributed by atoms with E-state index in [1.165, 1.54) is 0 Å². The summed E-state index contributed by atoms with van der Waals surface area (Å²) in [6.45, 7) is 6.89. The van der Waals surface area contributed by atoms with Crippen molar-refractivity contribution in [2.75, 3.05) is 19.6 Å². The van der Waals surface area contributed by atoms with Crippen molar-refractivity contribution in [3.63, 3.8) is 0 Å². The van der Waals surface area contributed by atoms with Gasteiger partial charge < -0.3 is 16.4 Å². The van der Waals surface area contributed by atoms with Crippen LogP contribution in [0.1, 0.15) is 33.1 Å². The van der Waals surface area contributed by atoms with Crippen LogP contribution in [0.2, 0.25) is 0 Å². The molecule has 6 heteroatoms. The van der Waals surface area contributed by atoms with Crippen molar-refractivity contribution >= 4 is 18.4 Å². The van der Waals surface area contributed by atoms with Gasteiger partial charge in [-0.05, 0) is 33.1 Å². The monoisotopic (exact) mass is 276 g/mol. The third-order valence-electron chi connectivity index (χ3n) is 3.15. The molecule has 2 fully saturated rings. The predicted octanol–water partition coefficient (Wildman–Crippen LogP) is 0.681. The van der Waals surface area contributed by atoms with E-state index in [1.807, 2.05) is 13.8 Å². The van der Waals surface area contributed by atoms with Crippen LogP contribution in [0.5, 0.6) is 0 Å². The van der Waals surface area contributed by atoms with Crippen LogP contribution in [0, 0.1) is 0 Å². The van der Waals surface area contributed by atoms with Crippen LogP contribution in [-0.2, 0) is 0 Å². The first-order valence-electron chi connectivity index (χ1n) is 6.51. The summed E-state index contributed by atoms with van der Waals surface area (Å²) < 4.78 is 0. The van der Waals surface area contributed by atoms with E-state index in [-0.39, 0.29) is 30.0 Å². The smallest absolute Gasteiger partial charge is 0.315 e. The van der Waals surface area contributed by atoms with Crippen molar-refractivity contribution in [3.8, 4) is 0 Å². The largest absolute Gasteiger partial charge is 0.335 e. The molecule has 0 aromatic rings. The van der Waals surface area contributed by atoms with Gasteiger partial charge in [-0.2, -0.15) is 0 Å². The molecule has 1 aliphatic heterocycles. The van der Waals surface area contributed by atoms with Crippen LogP contribution in [0.15, 0.2) is 0 Å². The summed E-state index contributed by atoms with van der Waals surface area (Å²) in [5, 5.41) is 5.98. The molecule has 1 saturated carbocycles. The average Bonchev–Trinajstić information content (AvgIpc) is 2.86. The molecule has 18 heavy (non-hydrogen) atoms. The number of urea groups is 1. The van der Waals surface area contributed by atoms with E-state index in [0.29, 0.717) is 6.04 Å². The van der Waals surface area contributed by atoms with E-state index < -0.39 is 0 Å². The highest BCUT2D eigenvalue weighted by atomic mass is 35.5. The molecule has 1 unspecified atom stereocenters. The second kappa shape index (κ2) is 6.08. The fraction of sp³-hybridized carbons (Fsp3) is 0.917. The molecule has 2 aliphatic rings. The fourth-order valence-corrected chi connectivity index (χ4v) is 2.31. The van der Waals surface area contributed by atoms with Gasteiger partial charge in [-0.1, -0.05) is 0 Å². The van der Waals surface area contributed by atoms with Gasteiger partial charge in [0.05, 0.1) is 0 Å². The van der Waals surface area contributed by atoms with Crippen molar-refractivity contribution in [2.24, 2.45) is 5.73 Å². The maximum Gasteiger partial charge on any atom is 0.315 e. The summed E-state index contributed by atoms with van der Waals surface area (Å²) in [7, 11) is 0. The Morgan fingerprint density at radius 2 is 1.89 bits per heavy atom. The molecule has 0 aromatic carbocycles. The first-order chi connectivity index (χ1) is 7.92. The standard InChI is InChI=1S/C12H24N4O.ClH/c1-12(2,13)8-16-6-5-10(7-16)15-11(17)14-9-3-4-9;/h9-10H,3-8,13H2,1-2H3,(H2,14,15,17);1H. The molecule has 5 nitrogen and oxygen atoms in total. The molecule has 4 N–H and O–H groups in total. The quantitative estimate of drug-likeness (QED) is 0.707. The molecule has 1 heterocycles. The Morgan fingerprint density at radius 3 is 2.44 bits per heavy atom. The summed E-state index contributed by atoms with van der Waals surface area (Å²) >= 11 is 0. The molecule has 0 aromatic heterocycles. The zero-order chi connectivity index (χ0) is 12.5. The lowest BCUT2D eigenvalue weighted by Gasteiger charge is -2.26. The summed E-state index contributed by atoms with van der Waals surface area (Å²) in [6, 6.07) is 0.693. The molecule has 1 atom stereocenters. The zero-order valence-corrected chi connectivity index (χ0v) is 12.1. The van der Waals surface area contributed by atoms with Crippen LogP contribution in [0.4, 0.5) is 4.79 Å². The molecule has 2 rings (SSSR count). The molecular weight excluding hydrogens is 252 g/mol. The highest BCUT2D eigenvalue weighted by Crippen LogP contribution is 2.18. The Balaban J connectivity index is 0.00000162. The number of nitrogens with two attached hydrogens (primary N) is 1. The summed E-state index contributed by atoms with van der Waals surface area (Å²) in [4.78, 5) is 13.9. The highest BCUT2D eigenvalue weighted by molar-refractivity contribution is 5.85. The van der Waals surface area contributed by atoms with Gasteiger partial charge in [-0.3, -0.25) is 4.90 Å². The van der Waals surface area contributed by atoms with Crippen molar-refractivity contribution < 1.29 is 4.79 Å². The molecule has 1 saturated heterocycles. The van der Waals surface area contributed by atoms with Crippen LogP contribution >= 0.6 is 12.4 Å². The van der Waals surface area contributed by atoms with Crippen molar-refractivity contribution in [1.29, 1.82) is 0 Å². The van der Waals surface area contributed by atoms with Gasteiger partial charge in [0.25, 0.3) is 0 Å². The van der Waals surface area contributed by atoms with E-state index >= 15 is 0 Å². The summed E-state index contributed by atoms with van der Waals surface area (Å²) in [5.74, 6) is 0. The average molecular weight is 277 g/mol. The second-order valence-corrected chi connectivity index (χ2v) is 6.10. The van der Waals surface area contributed by atoms with E-state index in [4.69, 9.17) is 5.73 Å². The minimum Gasteiger partial charge on any atom is -0.335 e. The second-order valence-electron chi connectivity index (χ2n) is 6.10. The molecule has 0 spiro atoms. The normalized spacial score (nSPS) is 24.5. The minimum atomic E-state index is -0.162. The van der Waals surface area contributed by atoms with E-state index in [1.54, 1.807) is 0 Å². The number of hydrogen-bond donors (Lipinski definition) is 3. The maximum atomic E-state index is 11.6. The number of rotatable bonds is 4. The topological polar surface area (TPSA) is 70.4 Å². The number of nitrogens with one attached hydrogen (secondary N) is 2. The van der Waals surface area contributed by atoms with Gasteiger partial charge in [-0.25, -0.2) is 4.79 Å². The van der Waals surface area contributed by atoms with E-state index in [0.717, 1.165) is 38.9 Å². The SMILES string of the molecule is CC(C)(N)CN1CCC(NC(=O)NC2CC2)C1.Cl. The van der Waals surface area contributed by atoms with Crippen LogP contribution < -0.4 is 16.4 Å². The number of halogens is 1. The lowest BCUT2D eigenvalue weighted by molar-refractivity contribution is 0.234. The first-order valence-corrected chi connectivity index (χ1v) is 6.51. The molecule has 0 radical (unpaired) electrons. The number of carbonyl (C=O) groups excluding carboxylic acids is 1. The third-order valence-corrected chi connectivity index (χ3v) is 3.15. The lowest BCUT2D eigenvalue weighted by atomic mass is 10.1. The molecule has 0 bridgehead atoms. The Hall–Kier alpha value is -0.520. The van der Waals surface area contributed by atoms with Crippen LogP contribution in [-0.4, -0.2) is 48.2 Å². The maximum absolute atomic E-state index is 11.6. The number of hydrogen-bond acceptors (Lipinski definition) is 3. The Labute approximate surface area is 115 Å². The molecule has 2 amide bonds. The molecule has 1 aliphatic carbocycles. The van der Waals surface area contributed by atoms with Gasteiger partial charge >= 0.3 is 6.03 Å². The highest BCUT2D eigenvalue weighted by Gasteiger charge is 2.28. The van der Waals surface area contributed by atoms with Crippen LogP contribution in [0.3, 0.4) is 0 Å². The van der Waals surface area contributed by atoms with Gasteiger partial charge in [0, 0.05) is 37.3 Å². The van der Waals surface area contributed by atoms with Crippen molar-refractivity contribution in [3.05, 3.63) is 0 Å². The fourth-order valence-electron chi connectivity index (χ4n) is 2.31. The zero-order valence-electron chi connectivity index (χ0n) is 11.2. The Bertz CT molecular complexity index is 288. The number of likely N-dealkylation sites (tertiary alicyclic amines) is 1. The lowest BCUT2D eigenvalue weighted by Crippen LogP contribution is -2.47. The first kappa shape index (κ1) is 15.5. The number of carbonyl (C=O) groups is 1. The van der Waals surface area contributed by atoms with Gasteiger partial charge in [0.1, 0.15) is 0 Å². The number of nitrogens with zero attached hydrogens (tertiary/aromatic N) is 1. The van der Waals surface area contributed by atoms with Gasteiger partial charge in [0.2, 0.25) is 0 Å². The Morgan fingerprint density at radius 1 is 1.28 bits per heavy atom. The molecular formula is C12H25ClN4O. The van der Waals surface area contributed by atoms with Gasteiger partial charge in [-0.15, -0.1) is 12.4 Å². The third kappa shape index (κ3) is 5.42. The summed E-state index contributed by atoms with van der Waals surface area (Å²) in [5.41, 5.74) is 5.83. The van der Waals surface area contributed by atoms with Crippen molar-refractivity contribution in [1.82, 2.24) is 15.5 Å². The van der Waals surface area contributed by atoms with Crippen molar-refractivity contribution in [2.45, 2.75) is 50.7 Å². The number of amides is 2. The van der Waals surface area contributed by atoms with Gasteiger partial charge in [0.15, 0.2) is 0 Å². The molecule has 106 valence electrons. The van der Waals surface area contributed by atoms with E-state index in [2.05, 4.69) is 15.5 Å². The minimum absolute atomic E-state index is 0. The van der Waals surface area contributed by atoms with E-state index in [9.17, 15) is 4.79 Å².